The van der Waals surface area contributed by atoms with Crippen LogP contribution in [-0.4, -0.2) is 11.5 Å². The third-order valence-corrected chi connectivity index (χ3v) is 2.99. The molecule has 0 fully saturated rings. The standard InChI is InChI=1S/C16H19FN2O/c1-3-8-18-10-13-7-9-19-11-15(13)20-14-6-4-5-12(2)16(14)17/h4-7,9,11,18H,3,8,10H2,1-2H3. The first-order chi connectivity index (χ1) is 9.72. The van der Waals surface area contributed by atoms with Crippen LogP contribution >= 0.6 is 0 Å². The SMILES string of the molecule is CCCNCc1ccncc1Oc1cccc(C)c1F. The lowest BCUT2D eigenvalue weighted by molar-refractivity contribution is 0.432. The van der Waals surface area contributed by atoms with Gasteiger partial charge in [-0.1, -0.05) is 19.1 Å². The molecule has 0 saturated heterocycles. The van der Waals surface area contributed by atoms with Crippen LogP contribution in [0, 0.1) is 12.7 Å². The van der Waals surface area contributed by atoms with Gasteiger partial charge in [-0.3, -0.25) is 4.98 Å². The molecule has 1 aromatic carbocycles. The first-order valence-corrected chi connectivity index (χ1v) is 6.79. The molecule has 0 bridgehead atoms. The quantitative estimate of drug-likeness (QED) is 0.813. The van der Waals surface area contributed by atoms with Crippen LogP contribution in [0.15, 0.2) is 36.7 Å². The lowest BCUT2D eigenvalue weighted by atomic mass is 10.2. The minimum absolute atomic E-state index is 0.231. The molecule has 2 aromatic rings. The number of nitrogens with one attached hydrogen (secondary N) is 1. The fourth-order valence-electron chi connectivity index (χ4n) is 1.86. The second-order valence-corrected chi connectivity index (χ2v) is 4.65. The summed E-state index contributed by atoms with van der Waals surface area (Å²) in [6.45, 7) is 5.44. The van der Waals surface area contributed by atoms with Crippen molar-refractivity contribution in [1.29, 1.82) is 0 Å². The maximum Gasteiger partial charge on any atom is 0.168 e. The van der Waals surface area contributed by atoms with Gasteiger partial charge in [0.15, 0.2) is 11.6 Å². The molecule has 1 N–H and O–H groups in total. The summed E-state index contributed by atoms with van der Waals surface area (Å²) < 4.78 is 19.6. The lowest BCUT2D eigenvalue weighted by Crippen LogP contribution is -2.14. The van der Waals surface area contributed by atoms with Crippen LogP contribution in [0.1, 0.15) is 24.5 Å². The summed E-state index contributed by atoms with van der Waals surface area (Å²) in [7, 11) is 0. The third-order valence-electron chi connectivity index (χ3n) is 2.99. The predicted molar refractivity (Wildman–Crippen MR) is 77.4 cm³/mol. The topological polar surface area (TPSA) is 34.2 Å². The maximum atomic E-state index is 14.0. The van der Waals surface area contributed by atoms with Crippen molar-refractivity contribution in [2.45, 2.75) is 26.8 Å². The molecule has 0 amide bonds. The molecule has 106 valence electrons. The largest absolute Gasteiger partial charge is 0.452 e. The highest BCUT2D eigenvalue weighted by Gasteiger charge is 2.10. The molecule has 2 rings (SSSR count). The molecule has 1 heterocycles. The van der Waals surface area contributed by atoms with E-state index in [1.54, 1.807) is 37.5 Å². The monoisotopic (exact) mass is 274 g/mol. The number of aryl methyl sites for hydroxylation is 1. The van der Waals surface area contributed by atoms with E-state index >= 15 is 0 Å². The van der Waals surface area contributed by atoms with Crippen molar-refractivity contribution in [1.82, 2.24) is 10.3 Å². The van der Waals surface area contributed by atoms with E-state index in [9.17, 15) is 4.39 Å². The average Bonchev–Trinajstić information content (AvgIpc) is 2.46. The number of aromatic nitrogens is 1. The van der Waals surface area contributed by atoms with Gasteiger partial charge in [0, 0.05) is 18.3 Å². The fourth-order valence-corrected chi connectivity index (χ4v) is 1.86. The molecule has 1 aromatic heterocycles. The highest BCUT2D eigenvalue weighted by Crippen LogP contribution is 2.28. The van der Waals surface area contributed by atoms with Crippen LogP contribution in [0.2, 0.25) is 0 Å². The Bertz CT molecular complexity index is 572. The summed E-state index contributed by atoms with van der Waals surface area (Å²) in [5, 5.41) is 3.30. The van der Waals surface area contributed by atoms with Crippen LogP contribution in [0.25, 0.3) is 0 Å². The summed E-state index contributed by atoms with van der Waals surface area (Å²) in [5.74, 6) is 0.485. The predicted octanol–water partition coefficient (Wildman–Crippen LogP) is 3.82. The van der Waals surface area contributed by atoms with E-state index in [1.165, 1.54) is 0 Å². The number of pyridine rings is 1. The number of nitrogens with zero attached hydrogens (tertiary/aromatic N) is 1. The van der Waals surface area contributed by atoms with Gasteiger partial charge in [0.2, 0.25) is 0 Å². The molecule has 0 aliphatic carbocycles. The van der Waals surface area contributed by atoms with Crippen molar-refractivity contribution in [2.75, 3.05) is 6.54 Å². The van der Waals surface area contributed by atoms with E-state index in [4.69, 9.17) is 4.74 Å². The molecule has 0 radical (unpaired) electrons. The molecule has 4 heteroatoms. The molecule has 0 spiro atoms. The van der Waals surface area contributed by atoms with Gasteiger partial charge in [-0.25, -0.2) is 4.39 Å². The number of halogens is 1. The van der Waals surface area contributed by atoms with Gasteiger partial charge in [-0.15, -0.1) is 0 Å². The summed E-state index contributed by atoms with van der Waals surface area (Å²) in [6.07, 6.45) is 4.39. The molecule has 0 aliphatic rings. The minimum Gasteiger partial charge on any atom is -0.452 e. The fraction of sp³-hybridized carbons (Fsp3) is 0.312. The number of hydrogen-bond acceptors (Lipinski definition) is 3. The minimum atomic E-state index is -0.330. The second kappa shape index (κ2) is 7.01. The van der Waals surface area contributed by atoms with Crippen LogP contribution in [-0.2, 0) is 6.54 Å². The van der Waals surface area contributed by atoms with Gasteiger partial charge in [0.25, 0.3) is 0 Å². The molecular weight excluding hydrogens is 255 g/mol. The highest BCUT2D eigenvalue weighted by molar-refractivity contribution is 5.38. The van der Waals surface area contributed by atoms with Crippen molar-refractivity contribution >= 4 is 0 Å². The van der Waals surface area contributed by atoms with Crippen molar-refractivity contribution in [3.63, 3.8) is 0 Å². The van der Waals surface area contributed by atoms with Gasteiger partial charge < -0.3 is 10.1 Å². The van der Waals surface area contributed by atoms with E-state index in [0.717, 1.165) is 18.5 Å². The Kier molecular flexibility index (Phi) is 5.07. The van der Waals surface area contributed by atoms with Crippen molar-refractivity contribution in [2.24, 2.45) is 0 Å². The molecule has 20 heavy (non-hydrogen) atoms. The van der Waals surface area contributed by atoms with Crippen molar-refractivity contribution in [3.8, 4) is 11.5 Å². The van der Waals surface area contributed by atoms with E-state index in [0.29, 0.717) is 17.9 Å². The Morgan fingerprint density at radius 1 is 1.25 bits per heavy atom. The van der Waals surface area contributed by atoms with Gasteiger partial charge in [-0.2, -0.15) is 0 Å². The Morgan fingerprint density at radius 2 is 2.10 bits per heavy atom. The first kappa shape index (κ1) is 14.5. The van der Waals surface area contributed by atoms with Gasteiger partial charge in [-0.05, 0) is 37.6 Å². The molecule has 0 atom stereocenters. The summed E-state index contributed by atoms with van der Waals surface area (Å²) >= 11 is 0. The Morgan fingerprint density at radius 3 is 2.90 bits per heavy atom. The molecular formula is C16H19FN2O. The Labute approximate surface area is 118 Å². The normalized spacial score (nSPS) is 10.6. The molecule has 3 nitrogen and oxygen atoms in total. The molecule has 0 saturated carbocycles. The van der Waals surface area contributed by atoms with E-state index in [2.05, 4.69) is 17.2 Å². The second-order valence-electron chi connectivity index (χ2n) is 4.65. The number of ether oxygens (including phenoxy) is 1. The van der Waals surface area contributed by atoms with Crippen LogP contribution in [0.3, 0.4) is 0 Å². The zero-order valence-corrected chi connectivity index (χ0v) is 11.8. The van der Waals surface area contributed by atoms with Crippen LogP contribution < -0.4 is 10.1 Å². The lowest BCUT2D eigenvalue weighted by Gasteiger charge is -2.12. The van der Waals surface area contributed by atoms with Crippen LogP contribution in [0.4, 0.5) is 4.39 Å². The summed E-state index contributed by atoms with van der Waals surface area (Å²) in [6, 6.07) is 7.00. The van der Waals surface area contributed by atoms with E-state index in [1.807, 2.05) is 6.07 Å². The summed E-state index contributed by atoms with van der Waals surface area (Å²) in [5.41, 5.74) is 1.53. The smallest absolute Gasteiger partial charge is 0.168 e. The molecule has 0 unspecified atom stereocenters. The summed E-state index contributed by atoms with van der Waals surface area (Å²) in [4.78, 5) is 4.05. The highest BCUT2D eigenvalue weighted by atomic mass is 19.1. The number of hydrogen-bond donors (Lipinski definition) is 1. The first-order valence-electron chi connectivity index (χ1n) is 6.79. The average molecular weight is 274 g/mol. The van der Waals surface area contributed by atoms with Gasteiger partial charge in [0.05, 0.1) is 6.20 Å². The van der Waals surface area contributed by atoms with Crippen molar-refractivity contribution < 1.29 is 9.13 Å². The zero-order chi connectivity index (χ0) is 14.4. The van der Waals surface area contributed by atoms with Gasteiger partial charge in [0.1, 0.15) is 5.75 Å². The Balaban J connectivity index is 2.18. The van der Waals surface area contributed by atoms with Crippen LogP contribution in [0.5, 0.6) is 11.5 Å². The van der Waals surface area contributed by atoms with Crippen molar-refractivity contribution in [3.05, 3.63) is 53.6 Å². The molecule has 0 aliphatic heterocycles. The third kappa shape index (κ3) is 3.54. The van der Waals surface area contributed by atoms with E-state index < -0.39 is 0 Å². The maximum absolute atomic E-state index is 14.0. The Hall–Kier alpha value is -1.94. The number of benzene rings is 1. The van der Waals surface area contributed by atoms with E-state index in [-0.39, 0.29) is 11.6 Å². The number of rotatable bonds is 6. The van der Waals surface area contributed by atoms with Gasteiger partial charge >= 0.3 is 0 Å². The zero-order valence-electron chi connectivity index (χ0n) is 11.8.